The molecule has 0 radical (unpaired) electrons. The van der Waals surface area contributed by atoms with Gasteiger partial charge in [-0.1, -0.05) is 18.9 Å². The van der Waals surface area contributed by atoms with Crippen LogP contribution < -0.4 is 15.0 Å². The monoisotopic (exact) mass is 635 g/mol. The predicted molar refractivity (Wildman–Crippen MR) is 169 cm³/mol. The van der Waals surface area contributed by atoms with Gasteiger partial charge < -0.3 is 25.0 Å². The number of phenolic OH excluding ortho intramolecular Hbond substituents is 1. The average molecular weight is 636 g/mol. The van der Waals surface area contributed by atoms with Crippen LogP contribution in [0.5, 0.6) is 11.8 Å². The Labute approximate surface area is 267 Å². The summed E-state index contributed by atoms with van der Waals surface area (Å²) in [5, 5.41) is 14.5. The molecular weight excluding hydrogens is 598 g/mol. The van der Waals surface area contributed by atoms with E-state index in [0.29, 0.717) is 19.6 Å². The molecule has 0 amide bonds. The second-order valence-corrected chi connectivity index (χ2v) is 12.9. The number of nitrogens with one attached hydrogen (secondary N) is 1. The summed E-state index contributed by atoms with van der Waals surface area (Å²) < 4.78 is 85.5. The van der Waals surface area contributed by atoms with Crippen molar-refractivity contribution in [1.82, 2.24) is 20.2 Å². The van der Waals surface area contributed by atoms with E-state index < -0.39 is 41.0 Å². The Morgan fingerprint density at radius 1 is 1.15 bits per heavy atom. The van der Waals surface area contributed by atoms with Gasteiger partial charge in [-0.15, -0.1) is 6.42 Å². The number of fused-ring (bicyclic) bond motifs is 4. The number of halogens is 4. The van der Waals surface area contributed by atoms with E-state index in [-0.39, 0.29) is 82.0 Å². The molecule has 0 spiro atoms. The first-order chi connectivity index (χ1) is 22.8. The third-order valence-electron chi connectivity index (χ3n) is 9.63. The lowest BCUT2D eigenvalue weighted by Crippen LogP contribution is -2.51. The highest BCUT2D eigenvalue weighted by atomic mass is 19.1. The fourth-order valence-electron chi connectivity index (χ4n) is 7.38. The molecule has 3 fully saturated rings. The van der Waals surface area contributed by atoms with Crippen molar-refractivity contribution in [2.75, 3.05) is 51.4 Å². The second kappa shape index (κ2) is 11.6. The zero-order valence-electron chi connectivity index (χ0n) is 27.5. The number of alkyl halides is 1. The zero-order valence-corrected chi connectivity index (χ0v) is 25.5. The van der Waals surface area contributed by atoms with Crippen LogP contribution in [0.15, 0.2) is 30.3 Å². The quantitative estimate of drug-likeness (QED) is 0.205. The summed E-state index contributed by atoms with van der Waals surface area (Å²) in [6, 6.07) is 6.13. The van der Waals surface area contributed by atoms with Gasteiger partial charge in [-0.2, -0.15) is 9.97 Å². The molecule has 3 aromatic carbocycles. The van der Waals surface area contributed by atoms with Gasteiger partial charge in [-0.25, -0.2) is 13.2 Å². The number of rotatable bonds is 6. The molecule has 11 heteroatoms. The Kier molecular flexibility index (Phi) is 7.08. The Bertz CT molecular complexity index is 1980. The Morgan fingerprint density at radius 3 is 2.63 bits per heavy atom. The minimum absolute atomic E-state index is 0.0502. The van der Waals surface area contributed by atoms with Crippen molar-refractivity contribution in [2.24, 2.45) is 11.3 Å². The molecule has 3 aliphatic heterocycles. The molecule has 3 saturated heterocycles. The van der Waals surface area contributed by atoms with Crippen molar-refractivity contribution in [3.63, 3.8) is 0 Å². The fraction of sp³-hybridized carbons (Fsp3) is 0.429. The van der Waals surface area contributed by atoms with Gasteiger partial charge in [0.15, 0.2) is 5.82 Å². The molecule has 0 saturated carbocycles. The molecule has 4 aromatic rings. The highest BCUT2D eigenvalue weighted by Crippen LogP contribution is 2.42. The summed E-state index contributed by atoms with van der Waals surface area (Å²) in [6.07, 6.45) is 7.62. The average Bonchev–Trinajstić information content (AvgIpc) is 3.38. The van der Waals surface area contributed by atoms with E-state index in [4.69, 9.17) is 13.9 Å². The summed E-state index contributed by atoms with van der Waals surface area (Å²) in [6.45, 7) is 0.994. The molecule has 240 valence electrons. The van der Waals surface area contributed by atoms with Gasteiger partial charge >= 0.3 is 6.01 Å². The molecule has 46 heavy (non-hydrogen) atoms. The van der Waals surface area contributed by atoms with Crippen molar-refractivity contribution in [3.8, 4) is 35.2 Å². The third kappa shape index (κ3) is 5.17. The highest BCUT2D eigenvalue weighted by Gasteiger charge is 2.40. The van der Waals surface area contributed by atoms with Crippen LogP contribution in [0, 0.1) is 41.1 Å². The summed E-state index contributed by atoms with van der Waals surface area (Å²) in [4.78, 5) is 12.9. The number of phenols is 1. The fourth-order valence-corrected chi connectivity index (χ4v) is 7.38. The molecule has 3 aliphatic rings. The number of aromatic hydroxyl groups is 1. The normalized spacial score (nSPS) is 27.8. The summed E-state index contributed by atoms with van der Waals surface area (Å²) >= 11 is 0. The van der Waals surface area contributed by atoms with Crippen LogP contribution in [0.3, 0.4) is 0 Å². The SMILES string of the molecule is [2H][C@H](F)[C@@]1([2H])CCN(C)C[C@@]1(C)COc1nc(N2C[C@H]3CC[C@@H](C2)N3)c2cc(F)c(-c3cc(O)cc4ccc(F)c(C#C)c34)c(F)c2n1. The van der Waals surface area contributed by atoms with Crippen LogP contribution in [0.25, 0.3) is 32.8 Å². The first-order valence-corrected chi connectivity index (χ1v) is 15.3. The largest absolute Gasteiger partial charge is 0.508 e. The van der Waals surface area contributed by atoms with Crippen LogP contribution in [0.4, 0.5) is 23.4 Å². The summed E-state index contributed by atoms with van der Waals surface area (Å²) in [5.41, 5.74) is -2.37. The van der Waals surface area contributed by atoms with Crippen molar-refractivity contribution in [1.29, 1.82) is 0 Å². The van der Waals surface area contributed by atoms with Crippen molar-refractivity contribution in [3.05, 3.63) is 53.3 Å². The number of piperazine rings is 1. The predicted octanol–water partition coefficient (Wildman–Crippen LogP) is 5.80. The van der Waals surface area contributed by atoms with Crippen LogP contribution >= 0.6 is 0 Å². The standard InChI is InChI=1S/C35H35F4N5O2/c1-4-24-27(37)8-5-19-11-23(45)12-25(29(19)24)30-28(38)13-26-32(31(30)39)41-34(42-33(26)44-15-21-6-7-22(16-44)40-21)46-18-35(2)17-43(3)10-9-20(35)14-36/h1,5,8,11-13,20-22,40,45H,6-7,9-10,14-18H2,2-3H3/t20-,21-,22+,35+/m1/s1/i14D,20D/t14-,20+,21-,22+,35-/m0. The first kappa shape index (κ1) is 28.1. The number of nitrogens with zero attached hydrogens (tertiary/aromatic N) is 4. The number of piperidine rings is 1. The Morgan fingerprint density at radius 2 is 1.91 bits per heavy atom. The van der Waals surface area contributed by atoms with Gasteiger partial charge in [0, 0.05) is 54.8 Å². The second-order valence-electron chi connectivity index (χ2n) is 12.9. The maximum absolute atomic E-state index is 16.9. The first-order valence-electron chi connectivity index (χ1n) is 16.4. The Hall–Kier alpha value is -4.14. The maximum atomic E-state index is 16.9. The molecule has 0 unspecified atom stereocenters. The minimum atomic E-state index is -2.19. The van der Waals surface area contributed by atoms with E-state index in [1.165, 1.54) is 12.1 Å². The van der Waals surface area contributed by atoms with E-state index in [1.54, 1.807) is 6.92 Å². The molecule has 7 nitrogen and oxygen atoms in total. The van der Waals surface area contributed by atoms with E-state index in [0.717, 1.165) is 31.0 Å². The van der Waals surface area contributed by atoms with Crippen LogP contribution in [0.1, 0.15) is 34.5 Å². The molecule has 2 N–H and O–H groups in total. The zero-order chi connectivity index (χ0) is 34.1. The van der Waals surface area contributed by atoms with Crippen LogP contribution in [-0.2, 0) is 0 Å². The van der Waals surface area contributed by atoms with Crippen molar-refractivity contribution < 1.29 is 30.1 Å². The summed E-state index contributed by atoms with van der Waals surface area (Å²) in [7, 11) is 1.84. The highest BCUT2D eigenvalue weighted by molar-refractivity contribution is 6.04. The van der Waals surface area contributed by atoms with Gasteiger partial charge in [0.25, 0.3) is 0 Å². The smallest absolute Gasteiger partial charge is 0.319 e. The lowest BCUT2D eigenvalue weighted by molar-refractivity contribution is 0.000322. The van der Waals surface area contributed by atoms with Crippen molar-refractivity contribution >= 4 is 27.5 Å². The lowest BCUT2D eigenvalue weighted by atomic mass is 9.73. The minimum Gasteiger partial charge on any atom is -0.508 e. The molecule has 0 aliphatic carbocycles. The van der Waals surface area contributed by atoms with Gasteiger partial charge in [-0.3, -0.25) is 4.39 Å². The summed E-state index contributed by atoms with van der Waals surface area (Å²) in [5.74, 6) is -2.41. The maximum Gasteiger partial charge on any atom is 0.319 e. The number of hydrogen-bond donors (Lipinski definition) is 2. The lowest BCUT2D eigenvalue weighted by Gasteiger charge is -2.43. The molecule has 2 bridgehead atoms. The van der Waals surface area contributed by atoms with E-state index in [9.17, 15) is 13.9 Å². The number of hydrogen-bond acceptors (Lipinski definition) is 7. The van der Waals surface area contributed by atoms with E-state index in [2.05, 4.69) is 21.2 Å². The number of aromatic nitrogens is 2. The number of likely N-dealkylation sites (tertiary alicyclic amines) is 1. The number of benzene rings is 3. The molecule has 7 rings (SSSR count). The molecular formula is C35H35F4N5O2. The molecule has 5 atom stereocenters. The number of anilines is 1. The van der Waals surface area contributed by atoms with Gasteiger partial charge in [0.2, 0.25) is 0 Å². The number of terminal acetylenes is 1. The third-order valence-corrected chi connectivity index (χ3v) is 9.63. The molecule has 4 heterocycles. The topological polar surface area (TPSA) is 73.8 Å². The van der Waals surface area contributed by atoms with E-state index in [1.807, 2.05) is 16.8 Å². The van der Waals surface area contributed by atoms with Gasteiger partial charge in [-0.05, 0) is 68.4 Å². The van der Waals surface area contributed by atoms with E-state index >= 15 is 8.78 Å². The Balaban J connectivity index is 1.41. The van der Waals surface area contributed by atoms with Crippen molar-refractivity contribution in [2.45, 2.75) is 38.3 Å². The van der Waals surface area contributed by atoms with Gasteiger partial charge in [0.1, 0.15) is 28.7 Å². The van der Waals surface area contributed by atoms with Crippen LogP contribution in [0.2, 0.25) is 0 Å². The molecule has 1 aromatic heterocycles. The van der Waals surface area contributed by atoms with Gasteiger partial charge in [0.05, 0.1) is 25.8 Å². The number of ether oxygens (including phenoxy) is 1. The van der Waals surface area contributed by atoms with Crippen LogP contribution in [-0.4, -0.2) is 78.5 Å².